The molecule has 0 amide bonds. The van der Waals surface area contributed by atoms with Gasteiger partial charge in [-0.3, -0.25) is 0 Å². The standard InChI is InChI=1S/C12H16N4O/c1-8(2)9-6-5-7-10(11(9)17-4)12-13-15-16(3)14-12/h5-8H,1-4H3. The van der Waals surface area contributed by atoms with Crippen molar-refractivity contribution in [3.63, 3.8) is 0 Å². The quantitative estimate of drug-likeness (QED) is 0.812. The van der Waals surface area contributed by atoms with Gasteiger partial charge >= 0.3 is 0 Å². The second kappa shape index (κ2) is 4.53. The Morgan fingerprint density at radius 3 is 2.59 bits per heavy atom. The van der Waals surface area contributed by atoms with Crippen molar-refractivity contribution in [3.8, 4) is 17.1 Å². The minimum Gasteiger partial charge on any atom is -0.496 e. The van der Waals surface area contributed by atoms with Crippen LogP contribution >= 0.6 is 0 Å². The number of hydrogen-bond acceptors (Lipinski definition) is 4. The maximum Gasteiger partial charge on any atom is 0.208 e. The van der Waals surface area contributed by atoms with Crippen molar-refractivity contribution >= 4 is 0 Å². The minimum absolute atomic E-state index is 0.390. The fraction of sp³-hybridized carbons (Fsp3) is 0.417. The van der Waals surface area contributed by atoms with Gasteiger partial charge in [0.15, 0.2) is 0 Å². The number of rotatable bonds is 3. The lowest BCUT2D eigenvalue weighted by atomic mass is 9.99. The summed E-state index contributed by atoms with van der Waals surface area (Å²) in [5.74, 6) is 1.81. The largest absolute Gasteiger partial charge is 0.496 e. The summed E-state index contributed by atoms with van der Waals surface area (Å²) >= 11 is 0. The average Bonchev–Trinajstić information content (AvgIpc) is 2.74. The third kappa shape index (κ3) is 2.13. The van der Waals surface area contributed by atoms with Crippen LogP contribution in [0.4, 0.5) is 0 Å². The summed E-state index contributed by atoms with van der Waals surface area (Å²) in [5, 5.41) is 12.1. The Balaban J connectivity index is 2.58. The fourth-order valence-electron chi connectivity index (χ4n) is 1.81. The Kier molecular flexibility index (Phi) is 3.08. The Labute approximate surface area is 100 Å². The first kappa shape index (κ1) is 11.6. The molecule has 17 heavy (non-hydrogen) atoms. The molecule has 1 aromatic heterocycles. The first-order chi connectivity index (χ1) is 8.13. The normalized spacial score (nSPS) is 10.9. The molecule has 0 spiro atoms. The Morgan fingerprint density at radius 2 is 2.06 bits per heavy atom. The molecule has 1 heterocycles. The van der Waals surface area contributed by atoms with Crippen LogP contribution < -0.4 is 4.74 Å². The van der Waals surface area contributed by atoms with E-state index in [0.29, 0.717) is 11.7 Å². The highest BCUT2D eigenvalue weighted by molar-refractivity contribution is 5.66. The van der Waals surface area contributed by atoms with Gasteiger partial charge in [-0.25, -0.2) is 0 Å². The molecule has 0 atom stereocenters. The van der Waals surface area contributed by atoms with Crippen molar-refractivity contribution in [2.24, 2.45) is 7.05 Å². The van der Waals surface area contributed by atoms with E-state index >= 15 is 0 Å². The summed E-state index contributed by atoms with van der Waals surface area (Å²) in [6.45, 7) is 4.26. The third-order valence-corrected chi connectivity index (χ3v) is 2.62. The van der Waals surface area contributed by atoms with Gasteiger partial charge in [-0.05, 0) is 22.8 Å². The Hall–Kier alpha value is -1.91. The van der Waals surface area contributed by atoms with E-state index in [1.54, 1.807) is 14.2 Å². The van der Waals surface area contributed by atoms with Crippen LogP contribution in [0.2, 0.25) is 0 Å². The maximum atomic E-state index is 5.48. The first-order valence-corrected chi connectivity index (χ1v) is 5.54. The van der Waals surface area contributed by atoms with Crippen LogP contribution in [-0.4, -0.2) is 27.3 Å². The molecular formula is C12H16N4O. The van der Waals surface area contributed by atoms with Crippen molar-refractivity contribution in [1.82, 2.24) is 20.2 Å². The summed E-state index contributed by atoms with van der Waals surface area (Å²) in [4.78, 5) is 1.44. The number of benzene rings is 1. The van der Waals surface area contributed by atoms with Gasteiger partial charge in [0.05, 0.1) is 19.7 Å². The molecule has 5 heteroatoms. The molecule has 90 valence electrons. The van der Waals surface area contributed by atoms with Gasteiger partial charge < -0.3 is 4.74 Å². The van der Waals surface area contributed by atoms with Crippen molar-refractivity contribution in [2.75, 3.05) is 7.11 Å². The molecule has 0 aliphatic rings. The summed E-state index contributed by atoms with van der Waals surface area (Å²) in [6, 6.07) is 5.99. The van der Waals surface area contributed by atoms with Crippen molar-refractivity contribution in [2.45, 2.75) is 19.8 Å². The molecule has 0 radical (unpaired) electrons. The van der Waals surface area contributed by atoms with E-state index in [-0.39, 0.29) is 0 Å². The lowest BCUT2D eigenvalue weighted by molar-refractivity contribution is 0.409. The monoisotopic (exact) mass is 232 g/mol. The molecular weight excluding hydrogens is 216 g/mol. The molecule has 5 nitrogen and oxygen atoms in total. The van der Waals surface area contributed by atoms with Crippen LogP contribution in [0.5, 0.6) is 5.75 Å². The van der Waals surface area contributed by atoms with E-state index < -0.39 is 0 Å². The van der Waals surface area contributed by atoms with Crippen LogP contribution in [-0.2, 0) is 7.05 Å². The summed E-state index contributed by atoms with van der Waals surface area (Å²) in [5.41, 5.74) is 2.03. The van der Waals surface area contributed by atoms with E-state index in [1.165, 1.54) is 4.80 Å². The number of para-hydroxylation sites is 1. The molecule has 2 rings (SSSR count). The molecule has 0 bridgehead atoms. The van der Waals surface area contributed by atoms with Gasteiger partial charge in [0.25, 0.3) is 0 Å². The van der Waals surface area contributed by atoms with Gasteiger partial charge in [0.2, 0.25) is 5.82 Å². The van der Waals surface area contributed by atoms with Crippen LogP contribution in [0, 0.1) is 0 Å². The molecule has 0 aliphatic heterocycles. The highest BCUT2D eigenvalue weighted by atomic mass is 16.5. The van der Waals surface area contributed by atoms with Crippen LogP contribution in [0.15, 0.2) is 18.2 Å². The van der Waals surface area contributed by atoms with Gasteiger partial charge in [0, 0.05) is 0 Å². The lowest BCUT2D eigenvalue weighted by Crippen LogP contribution is -1.98. The van der Waals surface area contributed by atoms with Gasteiger partial charge in [0.1, 0.15) is 5.75 Å². The van der Waals surface area contributed by atoms with Gasteiger partial charge in [-0.1, -0.05) is 26.0 Å². The SMILES string of the molecule is COc1c(-c2nnn(C)n2)cccc1C(C)C. The number of aromatic nitrogens is 4. The number of aryl methyl sites for hydroxylation is 1. The molecule has 0 N–H and O–H groups in total. The van der Waals surface area contributed by atoms with Crippen LogP contribution in [0.25, 0.3) is 11.4 Å². The zero-order valence-corrected chi connectivity index (χ0v) is 10.5. The Bertz CT molecular complexity index is 519. The second-order valence-corrected chi connectivity index (χ2v) is 4.19. The predicted molar refractivity (Wildman–Crippen MR) is 64.9 cm³/mol. The summed E-state index contributed by atoms with van der Waals surface area (Å²) in [7, 11) is 3.41. The zero-order chi connectivity index (χ0) is 12.4. The van der Waals surface area contributed by atoms with E-state index in [2.05, 4.69) is 35.3 Å². The molecule has 1 aromatic carbocycles. The van der Waals surface area contributed by atoms with Crippen molar-refractivity contribution in [1.29, 1.82) is 0 Å². The molecule has 0 unspecified atom stereocenters. The Morgan fingerprint density at radius 1 is 1.29 bits per heavy atom. The topological polar surface area (TPSA) is 52.8 Å². The number of ether oxygens (including phenoxy) is 1. The fourth-order valence-corrected chi connectivity index (χ4v) is 1.81. The minimum atomic E-state index is 0.390. The molecule has 0 saturated carbocycles. The van der Waals surface area contributed by atoms with Crippen molar-refractivity contribution in [3.05, 3.63) is 23.8 Å². The molecule has 0 saturated heterocycles. The highest BCUT2D eigenvalue weighted by Crippen LogP contribution is 2.34. The zero-order valence-electron chi connectivity index (χ0n) is 10.5. The third-order valence-electron chi connectivity index (χ3n) is 2.62. The summed E-state index contributed by atoms with van der Waals surface area (Å²) in [6.07, 6.45) is 0. The first-order valence-electron chi connectivity index (χ1n) is 5.54. The molecule has 0 aliphatic carbocycles. The second-order valence-electron chi connectivity index (χ2n) is 4.19. The number of tetrazole rings is 1. The van der Waals surface area contributed by atoms with Gasteiger partial charge in [-0.15, -0.1) is 10.2 Å². The van der Waals surface area contributed by atoms with E-state index in [1.807, 2.05) is 12.1 Å². The predicted octanol–water partition coefficient (Wildman–Crippen LogP) is 2.01. The molecule has 0 fully saturated rings. The number of methoxy groups -OCH3 is 1. The maximum absolute atomic E-state index is 5.48. The van der Waals surface area contributed by atoms with Crippen LogP contribution in [0.1, 0.15) is 25.3 Å². The highest BCUT2D eigenvalue weighted by Gasteiger charge is 2.16. The number of nitrogens with zero attached hydrogens (tertiary/aromatic N) is 4. The van der Waals surface area contributed by atoms with Gasteiger partial charge in [-0.2, -0.15) is 4.80 Å². The smallest absolute Gasteiger partial charge is 0.208 e. The van der Waals surface area contributed by atoms with E-state index in [4.69, 9.17) is 4.74 Å². The van der Waals surface area contributed by atoms with Crippen molar-refractivity contribution < 1.29 is 4.74 Å². The lowest BCUT2D eigenvalue weighted by Gasteiger charge is -2.13. The number of hydrogen-bond donors (Lipinski definition) is 0. The molecule has 2 aromatic rings. The summed E-state index contributed by atoms with van der Waals surface area (Å²) < 4.78 is 5.48. The van der Waals surface area contributed by atoms with Crippen LogP contribution in [0.3, 0.4) is 0 Å². The van der Waals surface area contributed by atoms with E-state index in [0.717, 1.165) is 16.9 Å². The average molecular weight is 232 g/mol. The van der Waals surface area contributed by atoms with E-state index in [9.17, 15) is 0 Å².